The molecular weight excluding hydrogens is 206 g/mol. The molecular formula is C12H13NO3. The van der Waals surface area contributed by atoms with Gasteiger partial charge in [-0.15, -0.1) is 0 Å². The maximum absolute atomic E-state index is 9.33. The number of aromatic hydroxyl groups is 1. The Morgan fingerprint density at radius 2 is 2.19 bits per heavy atom. The van der Waals surface area contributed by atoms with Crippen LogP contribution in [0, 0.1) is 0 Å². The van der Waals surface area contributed by atoms with E-state index in [0.29, 0.717) is 24.5 Å². The average molecular weight is 219 g/mol. The van der Waals surface area contributed by atoms with Crippen molar-refractivity contribution in [1.29, 1.82) is 0 Å². The minimum Gasteiger partial charge on any atom is -0.508 e. The Balaban J connectivity index is 2.18. The molecule has 0 spiro atoms. The van der Waals surface area contributed by atoms with E-state index in [-0.39, 0.29) is 12.4 Å². The van der Waals surface area contributed by atoms with Gasteiger partial charge in [0.05, 0.1) is 6.20 Å². The van der Waals surface area contributed by atoms with Gasteiger partial charge in [-0.1, -0.05) is 12.1 Å². The number of phenols is 1. The zero-order valence-electron chi connectivity index (χ0n) is 8.76. The number of nitrogens with zero attached hydrogens (tertiary/aromatic N) is 1. The van der Waals surface area contributed by atoms with Crippen LogP contribution in [0.3, 0.4) is 0 Å². The fourth-order valence-electron chi connectivity index (χ4n) is 1.45. The summed E-state index contributed by atoms with van der Waals surface area (Å²) in [6.45, 7) is 0.129. The van der Waals surface area contributed by atoms with Gasteiger partial charge in [0.15, 0.2) is 11.7 Å². The van der Waals surface area contributed by atoms with Crippen molar-refractivity contribution in [2.45, 2.75) is 12.8 Å². The zero-order valence-corrected chi connectivity index (χ0v) is 8.76. The summed E-state index contributed by atoms with van der Waals surface area (Å²) in [5.74, 6) is 1.43. The van der Waals surface area contributed by atoms with E-state index in [2.05, 4.69) is 4.98 Å². The quantitative estimate of drug-likeness (QED) is 0.825. The summed E-state index contributed by atoms with van der Waals surface area (Å²) in [5, 5.41) is 18.0. The molecule has 0 aliphatic heterocycles. The maximum atomic E-state index is 9.33. The topological polar surface area (TPSA) is 66.5 Å². The summed E-state index contributed by atoms with van der Waals surface area (Å²) in [6, 6.07) is 6.82. The van der Waals surface area contributed by atoms with Gasteiger partial charge < -0.3 is 14.6 Å². The van der Waals surface area contributed by atoms with Crippen molar-refractivity contribution in [3.05, 3.63) is 36.4 Å². The molecule has 4 nitrogen and oxygen atoms in total. The molecule has 84 valence electrons. The predicted octanol–water partition coefficient (Wildman–Crippen LogP) is 1.97. The molecule has 1 aromatic carbocycles. The lowest BCUT2D eigenvalue weighted by Gasteiger charge is -1.96. The van der Waals surface area contributed by atoms with Crippen LogP contribution in [-0.2, 0) is 6.42 Å². The molecule has 0 aliphatic rings. The van der Waals surface area contributed by atoms with Crippen molar-refractivity contribution in [1.82, 2.24) is 4.98 Å². The maximum Gasteiger partial charge on any atom is 0.194 e. The Morgan fingerprint density at radius 1 is 1.31 bits per heavy atom. The van der Waals surface area contributed by atoms with Crippen LogP contribution in [0.2, 0.25) is 0 Å². The molecule has 2 rings (SSSR count). The van der Waals surface area contributed by atoms with Crippen LogP contribution in [-0.4, -0.2) is 21.8 Å². The van der Waals surface area contributed by atoms with Crippen LogP contribution < -0.4 is 0 Å². The van der Waals surface area contributed by atoms with Crippen LogP contribution in [0.1, 0.15) is 12.3 Å². The number of hydrogen-bond donors (Lipinski definition) is 2. The second-order valence-electron chi connectivity index (χ2n) is 3.50. The number of rotatable bonds is 4. The van der Waals surface area contributed by atoms with Gasteiger partial charge in [0.1, 0.15) is 5.75 Å². The number of aliphatic hydroxyl groups is 1. The molecule has 0 bridgehead atoms. The van der Waals surface area contributed by atoms with Gasteiger partial charge in [0.2, 0.25) is 0 Å². The fourth-order valence-corrected chi connectivity index (χ4v) is 1.45. The van der Waals surface area contributed by atoms with E-state index < -0.39 is 0 Å². The average Bonchev–Trinajstić information content (AvgIpc) is 2.75. The number of hydrogen-bond acceptors (Lipinski definition) is 4. The first-order valence-electron chi connectivity index (χ1n) is 5.14. The van der Waals surface area contributed by atoms with E-state index in [1.807, 2.05) is 6.07 Å². The second kappa shape index (κ2) is 4.81. The third-order valence-corrected chi connectivity index (χ3v) is 2.23. The van der Waals surface area contributed by atoms with Gasteiger partial charge in [0, 0.05) is 18.6 Å². The first kappa shape index (κ1) is 10.7. The van der Waals surface area contributed by atoms with Crippen LogP contribution in [0.5, 0.6) is 5.75 Å². The number of oxazole rings is 1. The minimum absolute atomic E-state index is 0.129. The van der Waals surface area contributed by atoms with E-state index in [1.54, 1.807) is 24.4 Å². The molecule has 2 N–H and O–H groups in total. The summed E-state index contributed by atoms with van der Waals surface area (Å²) in [6.07, 6.45) is 2.89. The van der Waals surface area contributed by atoms with Gasteiger partial charge >= 0.3 is 0 Å². The first-order valence-corrected chi connectivity index (χ1v) is 5.14. The third-order valence-electron chi connectivity index (χ3n) is 2.23. The second-order valence-corrected chi connectivity index (χ2v) is 3.50. The smallest absolute Gasteiger partial charge is 0.194 e. The highest BCUT2D eigenvalue weighted by Crippen LogP contribution is 2.24. The molecule has 0 saturated carbocycles. The van der Waals surface area contributed by atoms with Gasteiger partial charge in [-0.05, 0) is 18.6 Å². The standard InChI is InChI=1S/C12H13NO3/c14-6-2-5-12-13-8-11(16-12)9-3-1-4-10(15)7-9/h1,3-4,7-8,14-15H,2,5-6H2. The van der Waals surface area contributed by atoms with Crippen LogP contribution in [0.4, 0.5) is 0 Å². The molecule has 0 unspecified atom stereocenters. The van der Waals surface area contributed by atoms with Crippen LogP contribution in [0.25, 0.3) is 11.3 Å². The molecule has 1 heterocycles. The molecule has 2 aromatic rings. The number of aromatic nitrogens is 1. The van der Waals surface area contributed by atoms with Crippen molar-refractivity contribution in [2.75, 3.05) is 6.61 Å². The fraction of sp³-hybridized carbons (Fsp3) is 0.250. The van der Waals surface area contributed by atoms with Crippen molar-refractivity contribution in [2.24, 2.45) is 0 Å². The summed E-state index contributed by atoms with van der Waals surface area (Å²) in [4.78, 5) is 4.10. The van der Waals surface area contributed by atoms with E-state index in [1.165, 1.54) is 0 Å². The largest absolute Gasteiger partial charge is 0.508 e. The summed E-state index contributed by atoms with van der Waals surface area (Å²) in [7, 11) is 0. The molecule has 0 saturated heterocycles. The zero-order chi connectivity index (χ0) is 11.4. The van der Waals surface area contributed by atoms with E-state index >= 15 is 0 Å². The number of benzene rings is 1. The van der Waals surface area contributed by atoms with Crippen molar-refractivity contribution in [3.63, 3.8) is 0 Å². The van der Waals surface area contributed by atoms with Gasteiger partial charge in [-0.2, -0.15) is 0 Å². The van der Waals surface area contributed by atoms with Crippen LogP contribution >= 0.6 is 0 Å². The molecule has 0 atom stereocenters. The van der Waals surface area contributed by atoms with Gasteiger partial charge in [0.25, 0.3) is 0 Å². The van der Waals surface area contributed by atoms with Crippen LogP contribution in [0.15, 0.2) is 34.9 Å². The van der Waals surface area contributed by atoms with E-state index in [4.69, 9.17) is 9.52 Å². The number of aryl methyl sites for hydroxylation is 1. The Morgan fingerprint density at radius 3 is 2.94 bits per heavy atom. The Hall–Kier alpha value is -1.81. The molecule has 16 heavy (non-hydrogen) atoms. The highest BCUT2D eigenvalue weighted by molar-refractivity contribution is 5.58. The Kier molecular flexibility index (Phi) is 3.22. The minimum atomic E-state index is 0.129. The lowest BCUT2D eigenvalue weighted by Crippen LogP contribution is -1.88. The van der Waals surface area contributed by atoms with E-state index in [0.717, 1.165) is 5.56 Å². The normalized spacial score (nSPS) is 10.6. The third kappa shape index (κ3) is 2.41. The van der Waals surface area contributed by atoms with Crippen molar-refractivity contribution >= 4 is 0 Å². The molecule has 0 radical (unpaired) electrons. The first-order chi connectivity index (χ1) is 7.79. The SMILES string of the molecule is OCCCc1ncc(-c2cccc(O)c2)o1. The molecule has 0 aliphatic carbocycles. The lowest BCUT2D eigenvalue weighted by molar-refractivity contribution is 0.283. The molecule has 4 heteroatoms. The van der Waals surface area contributed by atoms with Gasteiger partial charge in [-0.3, -0.25) is 0 Å². The van der Waals surface area contributed by atoms with Crippen molar-refractivity contribution in [3.8, 4) is 17.1 Å². The molecule has 0 fully saturated rings. The summed E-state index contributed by atoms with van der Waals surface area (Å²) >= 11 is 0. The summed E-state index contributed by atoms with van der Waals surface area (Å²) < 4.78 is 5.49. The Labute approximate surface area is 93.2 Å². The molecule has 0 amide bonds. The Bertz CT molecular complexity index is 465. The number of aliphatic hydroxyl groups excluding tert-OH is 1. The van der Waals surface area contributed by atoms with Gasteiger partial charge in [-0.25, -0.2) is 4.98 Å². The highest BCUT2D eigenvalue weighted by Gasteiger charge is 2.06. The summed E-state index contributed by atoms with van der Waals surface area (Å²) in [5.41, 5.74) is 0.794. The monoisotopic (exact) mass is 219 g/mol. The lowest BCUT2D eigenvalue weighted by atomic mass is 10.2. The highest BCUT2D eigenvalue weighted by atomic mass is 16.4. The van der Waals surface area contributed by atoms with Crippen molar-refractivity contribution < 1.29 is 14.6 Å². The number of phenolic OH excluding ortho intramolecular Hbond substituents is 1. The molecule has 1 aromatic heterocycles. The predicted molar refractivity (Wildman–Crippen MR) is 59.0 cm³/mol. The van der Waals surface area contributed by atoms with E-state index in [9.17, 15) is 5.11 Å².